The van der Waals surface area contributed by atoms with E-state index in [1.807, 2.05) is 12.1 Å². The summed E-state index contributed by atoms with van der Waals surface area (Å²) in [5.41, 5.74) is 6.74. The van der Waals surface area contributed by atoms with Crippen LogP contribution in [0.25, 0.3) is 0 Å². The second-order valence-corrected chi connectivity index (χ2v) is 6.46. The Hall–Kier alpha value is -0.640. The quantitative estimate of drug-likeness (QED) is 0.904. The molecule has 19 heavy (non-hydrogen) atoms. The van der Waals surface area contributed by atoms with Gasteiger partial charge in [0, 0.05) is 25.2 Å². The topological polar surface area (TPSA) is 35.2 Å². The molecular formula is C15H19ClFNO. The van der Waals surface area contributed by atoms with Gasteiger partial charge in [-0.15, -0.1) is 0 Å². The first-order valence-electron chi connectivity index (χ1n) is 6.83. The maximum absolute atomic E-state index is 14.2. The Bertz CT molecular complexity index is 477. The van der Waals surface area contributed by atoms with Gasteiger partial charge in [-0.1, -0.05) is 23.7 Å². The molecule has 1 aliphatic heterocycles. The second kappa shape index (κ2) is 4.72. The molecule has 4 heteroatoms. The van der Waals surface area contributed by atoms with Crippen LogP contribution >= 0.6 is 11.6 Å². The van der Waals surface area contributed by atoms with Crippen molar-refractivity contribution in [2.24, 2.45) is 11.1 Å². The summed E-state index contributed by atoms with van der Waals surface area (Å²) in [6, 6.07) is 5.24. The van der Waals surface area contributed by atoms with E-state index in [4.69, 9.17) is 22.1 Å². The van der Waals surface area contributed by atoms with Gasteiger partial charge in [-0.05, 0) is 42.7 Å². The third-order valence-electron chi connectivity index (χ3n) is 4.89. The van der Waals surface area contributed by atoms with Crippen LogP contribution in [0.3, 0.4) is 0 Å². The summed E-state index contributed by atoms with van der Waals surface area (Å²) in [5.74, 6) is -0.295. The summed E-state index contributed by atoms with van der Waals surface area (Å²) in [4.78, 5) is 0. The van der Waals surface area contributed by atoms with E-state index in [-0.39, 0.29) is 16.3 Å². The monoisotopic (exact) mass is 283 g/mol. The van der Waals surface area contributed by atoms with Crippen molar-refractivity contribution in [3.05, 3.63) is 34.6 Å². The third-order valence-corrected chi connectivity index (χ3v) is 5.19. The largest absolute Gasteiger partial charge is 0.381 e. The molecule has 1 spiro atoms. The van der Waals surface area contributed by atoms with Crippen molar-refractivity contribution in [1.29, 1.82) is 0 Å². The van der Waals surface area contributed by atoms with Crippen LogP contribution in [-0.4, -0.2) is 19.8 Å². The summed E-state index contributed by atoms with van der Waals surface area (Å²) in [5, 5.41) is 0.193. The van der Waals surface area contributed by atoms with Crippen LogP contribution in [0.1, 0.15) is 31.2 Å². The van der Waals surface area contributed by atoms with Crippen LogP contribution < -0.4 is 5.73 Å². The average molecular weight is 284 g/mol. The Balaban J connectivity index is 1.88. The normalized spacial score (nSPS) is 24.2. The van der Waals surface area contributed by atoms with E-state index in [0.717, 1.165) is 38.9 Å². The number of nitrogens with two attached hydrogens (primary N) is 1. The Morgan fingerprint density at radius 3 is 2.58 bits per heavy atom. The van der Waals surface area contributed by atoms with E-state index >= 15 is 0 Å². The number of ether oxygens (including phenoxy) is 1. The molecule has 0 atom stereocenters. The number of hydrogen-bond donors (Lipinski definition) is 1. The highest BCUT2D eigenvalue weighted by Crippen LogP contribution is 2.60. The number of hydrogen-bond acceptors (Lipinski definition) is 2. The molecule has 2 nitrogen and oxygen atoms in total. The molecule has 0 unspecified atom stereocenters. The van der Waals surface area contributed by atoms with Gasteiger partial charge in [0.1, 0.15) is 5.82 Å². The van der Waals surface area contributed by atoms with Crippen LogP contribution in [-0.2, 0) is 10.2 Å². The maximum Gasteiger partial charge on any atom is 0.145 e. The highest BCUT2D eigenvalue weighted by molar-refractivity contribution is 6.30. The molecule has 0 bridgehead atoms. The second-order valence-electron chi connectivity index (χ2n) is 6.05. The first-order valence-corrected chi connectivity index (χ1v) is 7.21. The lowest BCUT2D eigenvalue weighted by Gasteiger charge is -2.58. The van der Waals surface area contributed by atoms with E-state index in [1.54, 1.807) is 6.07 Å². The Morgan fingerprint density at radius 1 is 1.26 bits per heavy atom. The summed E-state index contributed by atoms with van der Waals surface area (Å²) in [7, 11) is 0. The molecule has 2 aliphatic rings. The standard InChI is InChI=1S/C15H19ClFNO/c16-12-3-1-2-11(13(12)17)15(10-18)8-14(9-15)4-6-19-7-5-14/h1-3H,4-10,18H2. The highest BCUT2D eigenvalue weighted by atomic mass is 35.5. The van der Waals surface area contributed by atoms with Gasteiger partial charge in [0.05, 0.1) is 5.02 Å². The van der Waals surface area contributed by atoms with Crippen molar-refractivity contribution in [2.45, 2.75) is 31.1 Å². The van der Waals surface area contributed by atoms with Gasteiger partial charge < -0.3 is 10.5 Å². The lowest BCUT2D eigenvalue weighted by atomic mass is 9.48. The van der Waals surface area contributed by atoms with Crippen molar-refractivity contribution < 1.29 is 9.13 Å². The zero-order valence-electron chi connectivity index (χ0n) is 10.9. The van der Waals surface area contributed by atoms with E-state index in [1.165, 1.54) is 0 Å². The number of halogens is 2. The van der Waals surface area contributed by atoms with Gasteiger partial charge in [0.25, 0.3) is 0 Å². The smallest absolute Gasteiger partial charge is 0.145 e. The summed E-state index contributed by atoms with van der Waals surface area (Å²) >= 11 is 5.90. The molecule has 0 radical (unpaired) electrons. The Kier molecular flexibility index (Phi) is 3.32. The van der Waals surface area contributed by atoms with Gasteiger partial charge in [-0.3, -0.25) is 0 Å². The molecule has 2 fully saturated rings. The molecule has 0 aromatic heterocycles. The molecule has 3 rings (SSSR count). The summed E-state index contributed by atoms with van der Waals surface area (Å²) < 4.78 is 19.7. The molecule has 1 aliphatic carbocycles. The number of benzene rings is 1. The Labute approximate surface area is 118 Å². The van der Waals surface area contributed by atoms with Crippen molar-refractivity contribution >= 4 is 11.6 Å². The molecule has 1 saturated heterocycles. The molecule has 0 amide bonds. The minimum atomic E-state index is -0.295. The average Bonchev–Trinajstić information content (AvgIpc) is 2.40. The summed E-state index contributed by atoms with van der Waals surface area (Å²) in [6.45, 7) is 2.12. The third kappa shape index (κ3) is 2.08. The fraction of sp³-hybridized carbons (Fsp3) is 0.600. The molecule has 2 N–H and O–H groups in total. The molecule has 1 aromatic carbocycles. The molecular weight excluding hydrogens is 265 g/mol. The SMILES string of the molecule is NCC1(c2cccc(Cl)c2F)CC2(CCOCC2)C1. The highest BCUT2D eigenvalue weighted by Gasteiger charge is 2.55. The first kappa shape index (κ1) is 13.3. The lowest BCUT2D eigenvalue weighted by Crippen LogP contribution is -2.56. The van der Waals surface area contributed by atoms with Crippen molar-refractivity contribution in [1.82, 2.24) is 0 Å². The molecule has 1 saturated carbocycles. The predicted octanol–water partition coefficient (Wildman–Crippen LogP) is 3.27. The lowest BCUT2D eigenvalue weighted by molar-refractivity contribution is -0.0723. The van der Waals surface area contributed by atoms with Crippen LogP contribution in [0.5, 0.6) is 0 Å². The van der Waals surface area contributed by atoms with Gasteiger partial charge in [-0.2, -0.15) is 0 Å². The van der Waals surface area contributed by atoms with Crippen LogP contribution in [0.15, 0.2) is 18.2 Å². The van der Waals surface area contributed by atoms with E-state index < -0.39 is 0 Å². The van der Waals surface area contributed by atoms with Crippen LogP contribution in [0.4, 0.5) is 4.39 Å². The Morgan fingerprint density at radius 2 is 1.95 bits per heavy atom. The zero-order valence-corrected chi connectivity index (χ0v) is 11.7. The van der Waals surface area contributed by atoms with Gasteiger partial charge >= 0.3 is 0 Å². The minimum Gasteiger partial charge on any atom is -0.381 e. The van der Waals surface area contributed by atoms with Gasteiger partial charge in [0.15, 0.2) is 0 Å². The fourth-order valence-corrected chi connectivity index (χ4v) is 4.07. The maximum atomic E-state index is 14.2. The van der Waals surface area contributed by atoms with E-state index in [2.05, 4.69) is 0 Å². The van der Waals surface area contributed by atoms with Crippen molar-refractivity contribution in [3.8, 4) is 0 Å². The van der Waals surface area contributed by atoms with E-state index in [9.17, 15) is 4.39 Å². The van der Waals surface area contributed by atoms with Crippen LogP contribution in [0, 0.1) is 11.2 Å². The minimum absolute atomic E-state index is 0.193. The molecule has 1 heterocycles. The zero-order chi connectivity index (χ0) is 13.5. The van der Waals surface area contributed by atoms with Gasteiger partial charge in [-0.25, -0.2) is 4.39 Å². The predicted molar refractivity (Wildman–Crippen MR) is 73.9 cm³/mol. The first-order chi connectivity index (χ1) is 9.11. The van der Waals surface area contributed by atoms with Crippen molar-refractivity contribution in [2.75, 3.05) is 19.8 Å². The molecule has 104 valence electrons. The van der Waals surface area contributed by atoms with E-state index in [0.29, 0.717) is 17.5 Å². The van der Waals surface area contributed by atoms with Crippen LogP contribution in [0.2, 0.25) is 5.02 Å². The number of rotatable bonds is 2. The molecule has 1 aromatic rings. The summed E-state index contributed by atoms with van der Waals surface area (Å²) in [6.07, 6.45) is 4.04. The van der Waals surface area contributed by atoms with Gasteiger partial charge in [0.2, 0.25) is 0 Å². The fourth-order valence-electron chi connectivity index (χ4n) is 3.90. The van der Waals surface area contributed by atoms with Crippen molar-refractivity contribution in [3.63, 3.8) is 0 Å².